The molecular formula is C29H32N4O4S2. The predicted octanol–water partition coefficient (Wildman–Crippen LogP) is 6.69. The second-order valence-electron chi connectivity index (χ2n) is 8.95. The third kappa shape index (κ3) is 6.88. The Hall–Kier alpha value is -3.63. The number of thioether (sulfide) groups is 1. The Balaban J connectivity index is 1.46. The van der Waals surface area contributed by atoms with E-state index in [-0.39, 0.29) is 24.4 Å². The van der Waals surface area contributed by atoms with Crippen molar-refractivity contribution in [1.82, 2.24) is 14.8 Å². The molecule has 2 aromatic heterocycles. The summed E-state index contributed by atoms with van der Waals surface area (Å²) < 4.78 is 13.4. The summed E-state index contributed by atoms with van der Waals surface area (Å²) in [4.78, 5) is 25.7. The Morgan fingerprint density at radius 3 is 2.46 bits per heavy atom. The van der Waals surface area contributed by atoms with Crippen molar-refractivity contribution in [3.8, 4) is 16.9 Å². The van der Waals surface area contributed by atoms with E-state index in [4.69, 9.17) is 9.47 Å². The van der Waals surface area contributed by atoms with Crippen LogP contribution in [0.2, 0.25) is 0 Å². The van der Waals surface area contributed by atoms with E-state index in [1.165, 1.54) is 23.1 Å². The van der Waals surface area contributed by atoms with Gasteiger partial charge in [0.15, 0.2) is 17.1 Å². The second-order valence-corrected chi connectivity index (χ2v) is 10.8. The monoisotopic (exact) mass is 564 g/mol. The lowest BCUT2D eigenvalue weighted by molar-refractivity contribution is -0.113. The number of amides is 1. The number of benzene rings is 2. The van der Waals surface area contributed by atoms with E-state index in [1.54, 1.807) is 6.92 Å². The van der Waals surface area contributed by atoms with Crippen LogP contribution < -0.4 is 10.1 Å². The Morgan fingerprint density at radius 2 is 1.79 bits per heavy atom. The summed E-state index contributed by atoms with van der Waals surface area (Å²) in [6, 6.07) is 15.7. The van der Waals surface area contributed by atoms with Crippen LogP contribution in [-0.2, 0) is 16.1 Å². The van der Waals surface area contributed by atoms with Gasteiger partial charge in [-0.15, -0.1) is 21.5 Å². The number of carbonyl (C=O) groups is 2. The summed E-state index contributed by atoms with van der Waals surface area (Å²) in [5.74, 6) is 0.857. The average molecular weight is 565 g/mol. The van der Waals surface area contributed by atoms with Crippen LogP contribution in [0.3, 0.4) is 0 Å². The summed E-state index contributed by atoms with van der Waals surface area (Å²) in [6.07, 6.45) is -0.323. The minimum Gasteiger partial charge on any atom is -0.483 e. The summed E-state index contributed by atoms with van der Waals surface area (Å²) >= 11 is 2.59. The maximum absolute atomic E-state index is 12.9. The smallest absolute Gasteiger partial charge is 0.341 e. The average Bonchev–Trinajstić information content (AvgIpc) is 3.51. The van der Waals surface area contributed by atoms with Crippen LogP contribution in [0.4, 0.5) is 5.00 Å². The first-order valence-electron chi connectivity index (χ1n) is 12.7. The number of hydrogen-bond acceptors (Lipinski definition) is 8. The lowest BCUT2D eigenvalue weighted by Gasteiger charge is -2.16. The normalized spacial score (nSPS) is 11.7. The van der Waals surface area contributed by atoms with Gasteiger partial charge in [0.2, 0.25) is 5.91 Å². The highest BCUT2D eigenvalue weighted by Gasteiger charge is 2.24. The van der Waals surface area contributed by atoms with Gasteiger partial charge in [-0.1, -0.05) is 48.2 Å². The molecule has 10 heteroatoms. The SMILES string of the molecule is CCOC(=O)c1c(-c2ccccc2)csc1NC(=O)CSc1nnc(C(C)Oc2cc(C)cc(C)c2)n1CC. The maximum Gasteiger partial charge on any atom is 0.341 e. The topological polar surface area (TPSA) is 95.3 Å². The van der Waals surface area contributed by atoms with Crippen LogP contribution in [-0.4, -0.2) is 39.0 Å². The number of aromatic nitrogens is 3. The number of aryl methyl sites for hydroxylation is 2. The highest BCUT2D eigenvalue weighted by atomic mass is 32.2. The van der Waals surface area contributed by atoms with Gasteiger partial charge >= 0.3 is 5.97 Å². The second kappa shape index (κ2) is 12.9. The van der Waals surface area contributed by atoms with Gasteiger partial charge in [0.1, 0.15) is 16.3 Å². The highest BCUT2D eigenvalue weighted by molar-refractivity contribution is 7.99. The van der Waals surface area contributed by atoms with Gasteiger partial charge in [-0.2, -0.15) is 0 Å². The van der Waals surface area contributed by atoms with Crippen molar-refractivity contribution in [2.45, 2.75) is 52.4 Å². The standard InChI is InChI=1S/C29H32N4O4S2/c1-6-33-26(20(5)37-22-14-18(3)13-19(4)15-22)31-32-29(33)39-17-24(34)30-27-25(28(35)36-7-2)23(16-38-27)21-11-9-8-10-12-21/h8-16,20H,6-7,17H2,1-5H3,(H,30,34). The Bertz CT molecular complexity index is 1430. The van der Waals surface area contributed by atoms with E-state index in [0.29, 0.717) is 28.1 Å². The van der Waals surface area contributed by atoms with Crippen LogP contribution in [0, 0.1) is 13.8 Å². The summed E-state index contributed by atoms with van der Waals surface area (Å²) in [5.41, 5.74) is 4.23. The molecule has 0 aliphatic carbocycles. The number of rotatable bonds is 11. The molecule has 0 aliphatic heterocycles. The van der Waals surface area contributed by atoms with Gasteiger partial charge in [0.25, 0.3) is 0 Å². The van der Waals surface area contributed by atoms with Gasteiger partial charge in [-0.05, 0) is 63.4 Å². The number of carbonyl (C=O) groups excluding carboxylic acids is 2. The van der Waals surface area contributed by atoms with E-state index in [0.717, 1.165) is 28.0 Å². The zero-order chi connectivity index (χ0) is 27.9. The molecule has 1 atom stereocenters. The van der Waals surface area contributed by atoms with Crippen molar-refractivity contribution in [3.63, 3.8) is 0 Å². The molecule has 0 saturated carbocycles. The number of nitrogens with one attached hydrogen (secondary N) is 1. The highest BCUT2D eigenvalue weighted by Crippen LogP contribution is 2.36. The molecule has 2 aromatic carbocycles. The lowest BCUT2D eigenvalue weighted by atomic mass is 10.0. The number of nitrogens with zero attached hydrogens (tertiary/aromatic N) is 3. The van der Waals surface area contributed by atoms with E-state index in [2.05, 4.69) is 21.6 Å². The first-order chi connectivity index (χ1) is 18.8. The number of ether oxygens (including phenoxy) is 2. The Kier molecular flexibility index (Phi) is 9.42. The molecule has 1 N–H and O–H groups in total. The van der Waals surface area contributed by atoms with Crippen LogP contribution in [0.15, 0.2) is 59.1 Å². The third-order valence-corrected chi connectivity index (χ3v) is 7.74. The van der Waals surface area contributed by atoms with E-state index in [1.807, 2.05) is 80.1 Å². The fraction of sp³-hybridized carbons (Fsp3) is 0.310. The molecule has 0 saturated heterocycles. The molecule has 0 spiro atoms. The van der Waals surface area contributed by atoms with Crippen molar-refractivity contribution < 1.29 is 19.1 Å². The zero-order valence-electron chi connectivity index (χ0n) is 22.7. The molecular weight excluding hydrogens is 532 g/mol. The molecule has 4 rings (SSSR count). The molecule has 1 unspecified atom stereocenters. The molecule has 204 valence electrons. The first-order valence-corrected chi connectivity index (χ1v) is 14.6. The minimum atomic E-state index is -0.464. The van der Waals surface area contributed by atoms with Gasteiger partial charge < -0.3 is 19.4 Å². The summed E-state index contributed by atoms with van der Waals surface area (Å²) in [7, 11) is 0. The predicted molar refractivity (Wildman–Crippen MR) is 156 cm³/mol. The van der Waals surface area contributed by atoms with Crippen LogP contribution in [0.5, 0.6) is 5.75 Å². The maximum atomic E-state index is 12.9. The lowest BCUT2D eigenvalue weighted by Crippen LogP contribution is -2.17. The van der Waals surface area contributed by atoms with Gasteiger partial charge in [-0.25, -0.2) is 4.79 Å². The Labute approximate surface area is 236 Å². The minimum absolute atomic E-state index is 0.102. The fourth-order valence-electron chi connectivity index (χ4n) is 4.24. The Morgan fingerprint density at radius 1 is 1.08 bits per heavy atom. The van der Waals surface area contributed by atoms with Gasteiger partial charge in [0.05, 0.1) is 12.4 Å². The summed E-state index contributed by atoms with van der Waals surface area (Å²) in [5, 5.41) is 14.5. The molecule has 0 aliphatic rings. The van der Waals surface area contributed by atoms with Crippen molar-refractivity contribution >= 4 is 40.0 Å². The zero-order valence-corrected chi connectivity index (χ0v) is 24.3. The largest absolute Gasteiger partial charge is 0.483 e. The van der Waals surface area contributed by atoms with Crippen molar-refractivity contribution in [3.05, 3.63) is 76.4 Å². The number of esters is 1. The molecule has 8 nitrogen and oxygen atoms in total. The quantitative estimate of drug-likeness (QED) is 0.160. The fourth-order valence-corrected chi connectivity index (χ4v) is 6.02. The molecule has 0 fully saturated rings. The van der Waals surface area contributed by atoms with Crippen LogP contribution >= 0.6 is 23.1 Å². The first kappa shape index (κ1) is 28.4. The van der Waals surface area contributed by atoms with Crippen LogP contribution in [0.1, 0.15) is 54.2 Å². The third-order valence-electron chi connectivity index (χ3n) is 5.87. The van der Waals surface area contributed by atoms with E-state index in [9.17, 15) is 9.59 Å². The molecule has 39 heavy (non-hydrogen) atoms. The van der Waals surface area contributed by atoms with Crippen molar-refractivity contribution in [2.75, 3.05) is 17.7 Å². The molecule has 0 bridgehead atoms. The van der Waals surface area contributed by atoms with Crippen LogP contribution in [0.25, 0.3) is 11.1 Å². The number of thiophene rings is 1. The number of anilines is 1. The van der Waals surface area contributed by atoms with Gasteiger partial charge in [-0.3, -0.25) is 4.79 Å². The van der Waals surface area contributed by atoms with Gasteiger partial charge in [0, 0.05) is 17.5 Å². The van der Waals surface area contributed by atoms with Crippen molar-refractivity contribution in [1.29, 1.82) is 0 Å². The van der Waals surface area contributed by atoms with Crippen molar-refractivity contribution in [2.24, 2.45) is 0 Å². The number of hydrogen-bond donors (Lipinski definition) is 1. The molecule has 4 aromatic rings. The summed E-state index contributed by atoms with van der Waals surface area (Å²) in [6.45, 7) is 10.6. The molecule has 2 heterocycles. The molecule has 1 amide bonds. The molecule has 0 radical (unpaired) electrons. The van der Waals surface area contributed by atoms with E-state index < -0.39 is 5.97 Å². The van der Waals surface area contributed by atoms with E-state index >= 15 is 0 Å².